The van der Waals surface area contributed by atoms with Crippen LogP contribution in [-0.4, -0.2) is 26.4 Å². The van der Waals surface area contributed by atoms with Crippen LogP contribution in [0.25, 0.3) is 0 Å². The molecular weight excluding hydrogens is 400 g/mol. The summed E-state index contributed by atoms with van der Waals surface area (Å²) in [7, 11) is 0. The van der Waals surface area contributed by atoms with Gasteiger partial charge in [0.1, 0.15) is 22.7 Å². The minimum absolute atomic E-state index is 0.576. The quantitative estimate of drug-likeness (QED) is 0.272. The van der Waals surface area contributed by atoms with Gasteiger partial charge in [0.05, 0.1) is 13.2 Å². The lowest BCUT2D eigenvalue weighted by Crippen LogP contribution is -2.49. The summed E-state index contributed by atoms with van der Waals surface area (Å²) in [5.74, 6) is 1.76. The van der Waals surface area contributed by atoms with Crippen LogP contribution >= 0.6 is 0 Å². The number of rotatable bonds is 15. The highest BCUT2D eigenvalue weighted by Crippen LogP contribution is 2.46. The van der Waals surface area contributed by atoms with Crippen LogP contribution in [0.4, 0.5) is 0 Å². The molecule has 0 aliphatic rings. The standard InChI is InChI=1S/C28H42O4/c1-7-11-21-29-25-17-13-23(14-18-25)27(5,31-9-3)28(6,32-10-4)24-15-19-26(20-16-24)30-22-12-8-2/h13-20H,7-12,21-22H2,1-6H3. The van der Waals surface area contributed by atoms with E-state index in [0.29, 0.717) is 13.2 Å². The molecule has 2 rings (SSSR count). The monoisotopic (exact) mass is 442 g/mol. The highest BCUT2D eigenvalue weighted by molar-refractivity contribution is 5.38. The molecule has 0 fully saturated rings. The van der Waals surface area contributed by atoms with E-state index in [0.717, 1.165) is 61.5 Å². The minimum atomic E-state index is -0.690. The molecule has 2 aromatic carbocycles. The maximum Gasteiger partial charge on any atom is 0.123 e. The topological polar surface area (TPSA) is 36.9 Å². The van der Waals surface area contributed by atoms with Gasteiger partial charge in [-0.25, -0.2) is 0 Å². The van der Waals surface area contributed by atoms with Crippen LogP contribution in [0, 0.1) is 0 Å². The van der Waals surface area contributed by atoms with Crippen molar-refractivity contribution in [2.45, 2.75) is 78.4 Å². The Morgan fingerprint density at radius 3 is 1.19 bits per heavy atom. The van der Waals surface area contributed by atoms with Gasteiger partial charge in [-0.1, -0.05) is 51.0 Å². The Morgan fingerprint density at radius 2 is 0.906 bits per heavy atom. The SMILES string of the molecule is CCCCOc1ccc(C(C)(OCC)C(C)(OCC)c2ccc(OCCCC)cc2)cc1. The average Bonchev–Trinajstić information content (AvgIpc) is 2.80. The summed E-state index contributed by atoms with van der Waals surface area (Å²) >= 11 is 0. The van der Waals surface area contributed by atoms with Crippen LogP contribution < -0.4 is 9.47 Å². The second-order valence-corrected chi connectivity index (χ2v) is 8.39. The van der Waals surface area contributed by atoms with Crippen LogP contribution in [0.5, 0.6) is 11.5 Å². The second-order valence-electron chi connectivity index (χ2n) is 8.39. The lowest BCUT2D eigenvalue weighted by Gasteiger charge is -2.46. The molecule has 178 valence electrons. The number of unbranched alkanes of at least 4 members (excludes halogenated alkanes) is 2. The van der Waals surface area contributed by atoms with Crippen molar-refractivity contribution in [3.63, 3.8) is 0 Å². The highest BCUT2D eigenvalue weighted by atomic mass is 16.6. The zero-order chi connectivity index (χ0) is 23.5. The zero-order valence-electron chi connectivity index (χ0n) is 20.9. The average molecular weight is 443 g/mol. The maximum atomic E-state index is 6.44. The second kappa shape index (κ2) is 12.9. The molecule has 0 heterocycles. The van der Waals surface area contributed by atoms with E-state index in [9.17, 15) is 0 Å². The smallest absolute Gasteiger partial charge is 0.123 e. The number of benzene rings is 2. The van der Waals surface area contributed by atoms with Gasteiger partial charge in [0.2, 0.25) is 0 Å². The molecule has 0 aromatic heterocycles. The van der Waals surface area contributed by atoms with Crippen molar-refractivity contribution < 1.29 is 18.9 Å². The van der Waals surface area contributed by atoms with Crippen LogP contribution in [0.3, 0.4) is 0 Å². The van der Waals surface area contributed by atoms with Crippen molar-refractivity contribution in [3.05, 3.63) is 59.7 Å². The zero-order valence-corrected chi connectivity index (χ0v) is 20.9. The van der Waals surface area contributed by atoms with Crippen molar-refractivity contribution in [2.24, 2.45) is 0 Å². The molecule has 0 amide bonds. The summed E-state index contributed by atoms with van der Waals surface area (Å²) in [5.41, 5.74) is 0.733. The van der Waals surface area contributed by atoms with Crippen LogP contribution in [0.2, 0.25) is 0 Å². The van der Waals surface area contributed by atoms with Gasteiger partial charge in [0.15, 0.2) is 0 Å². The van der Waals surface area contributed by atoms with E-state index in [1.807, 2.05) is 38.1 Å². The first kappa shape index (κ1) is 26.2. The van der Waals surface area contributed by atoms with Crippen LogP contribution in [-0.2, 0) is 20.7 Å². The number of ether oxygens (including phenoxy) is 4. The highest BCUT2D eigenvalue weighted by Gasteiger charge is 2.49. The number of hydrogen-bond acceptors (Lipinski definition) is 4. The van der Waals surface area contributed by atoms with Crippen molar-refractivity contribution in [1.82, 2.24) is 0 Å². The Labute approximate surface area is 195 Å². The lowest BCUT2D eigenvalue weighted by atomic mass is 9.75. The molecule has 0 saturated carbocycles. The summed E-state index contributed by atoms with van der Waals surface area (Å²) in [5, 5.41) is 0. The van der Waals surface area contributed by atoms with Gasteiger partial charge in [0.25, 0.3) is 0 Å². The third-order valence-corrected chi connectivity index (χ3v) is 6.12. The van der Waals surface area contributed by atoms with E-state index >= 15 is 0 Å². The Bertz CT molecular complexity index is 704. The minimum Gasteiger partial charge on any atom is -0.494 e. The van der Waals surface area contributed by atoms with E-state index in [1.54, 1.807) is 0 Å². The van der Waals surface area contributed by atoms with Gasteiger partial charge in [0, 0.05) is 13.2 Å². The third kappa shape index (κ3) is 6.26. The molecular formula is C28H42O4. The summed E-state index contributed by atoms with van der Waals surface area (Å²) < 4.78 is 24.6. The lowest BCUT2D eigenvalue weighted by molar-refractivity contribution is -0.203. The molecule has 0 radical (unpaired) electrons. The van der Waals surface area contributed by atoms with Gasteiger partial charge in [-0.05, 0) is 75.9 Å². The first-order valence-electron chi connectivity index (χ1n) is 12.2. The van der Waals surface area contributed by atoms with E-state index in [1.165, 1.54) is 0 Å². The molecule has 0 aliphatic heterocycles. The van der Waals surface area contributed by atoms with Crippen molar-refractivity contribution in [1.29, 1.82) is 0 Å². The summed E-state index contributed by atoms with van der Waals surface area (Å²) in [6.07, 6.45) is 4.35. The molecule has 0 saturated heterocycles. The predicted molar refractivity (Wildman–Crippen MR) is 132 cm³/mol. The molecule has 2 atom stereocenters. The van der Waals surface area contributed by atoms with E-state index in [4.69, 9.17) is 18.9 Å². The van der Waals surface area contributed by atoms with E-state index in [-0.39, 0.29) is 0 Å². The van der Waals surface area contributed by atoms with Gasteiger partial charge in [-0.2, -0.15) is 0 Å². The van der Waals surface area contributed by atoms with Gasteiger partial charge in [-0.3, -0.25) is 0 Å². The summed E-state index contributed by atoms with van der Waals surface area (Å²) in [6.45, 7) is 15.2. The van der Waals surface area contributed by atoms with Gasteiger partial charge >= 0.3 is 0 Å². The fourth-order valence-corrected chi connectivity index (χ4v) is 3.98. The molecule has 32 heavy (non-hydrogen) atoms. The summed E-state index contributed by atoms with van der Waals surface area (Å²) in [6, 6.07) is 16.5. The molecule has 2 aromatic rings. The predicted octanol–water partition coefficient (Wildman–Crippen LogP) is 7.25. The van der Waals surface area contributed by atoms with E-state index < -0.39 is 11.2 Å². The first-order chi connectivity index (χ1) is 15.4. The molecule has 0 bridgehead atoms. The Balaban J connectivity index is 2.36. The maximum absolute atomic E-state index is 6.44. The van der Waals surface area contributed by atoms with Crippen LogP contribution in [0.15, 0.2) is 48.5 Å². The molecule has 0 spiro atoms. The Hall–Kier alpha value is -2.04. The first-order valence-corrected chi connectivity index (χ1v) is 12.2. The van der Waals surface area contributed by atoms with E-state index in [2.05, 4.69) is 52.0 Å². The largest absolute Gasteiger partial charge is 0.494 e. The Morgan fingerprint density at radius 1 is 0.562 bits per heavy atom. The van der Waals surface area contributed by atoms with Gasteiger partial charge in [-0.15, -0.1) is 0 Å². The fourth-order valence-electron chi connectivity index (χ4n) is 3.98. The van der Waals surface area contributed by atoms with Crippen molar-refractivity contribution >= 4 is 0 Å². The molecule has 4 heteroatoms. The Kier molecular flexibility index (Phi) is 10.5. The molecule has 0 aliphatic carbocycles. The molecule has 0 N–H and O–H groups in total. The van der Waals surface area contributed by atoms with Crippen molar-refractivity contribution in [2.75, 3.05) is 26.4 Å². The molecule has 4 nitrogen and oxygen atoms in total. The fraction of sp³-hybridized carbons (Fsp3) is 0.571. The van der Waals surface area contributed by atoms with Gasteiger partial charge < -0.3 is 18.9 Å². The van der Waals surface area contributed by atoms with Crippen molar-refractivity contribution in [3.8, 4) is 11.5 Å². The molecule has 2 unspecified atom stereocenters. The normalized spacial score (nSPS) is 15.1. The number of hydrogen-bond donors (Lipinski definition) is 0. The third-order valence-electron chi connectivity index (χ3n) is 6.12. The summed E-state index contributed by atoms with van der Waals surface area (Å²) in [4.78, 5) is 0. The van der Waals surface area contributed by atoms with Crippen LogP contribution in [0.1, 0.15) is 78.4 Å².